The second-order valence-corrected chi connectivity index (χ2v) is 6.82. The van der Waals surface area contributed by atoms with E-state index in [-0.39, 0.29) is 24.2 Å². The minimum Gasteiger partial charge on any atom is -0.469 e. The first kappa shape index (κ1) is 18.2. The van der Waals surface area contributed by atoms with Crippen molar-refractivity contribution in [1.29, 1.82) is 0 Å². The second-order valence-electron chi connectivity index (χ2n) is 5.87. The molecule has 130 valence electrons. The monoisotopic (exact) mass is 350 g/mol. The number of hydrogen-bond acceptors (Lipinski definition) is 6. The minimum absolute atomic E-state index is 0.156. The Balaban J connectivity index is 2.20. The van der Waals surface area contributed by atoms with Crippen molar-refractivity contribution in [3.8, 4) is 10.8 Å². The Bertz CT molecular complexity index is 692. The van der Waals surface area contributed by atoms with Crippen LogP contribution in [0.1, 0.15) is 36.5 Å². The maximum absolute atomic E-state index is 12.8. The van der Waals surface area contributed by atoms with Crippen LogP contribution in [0.2, 0.25) is 0 Å². The average Bonchev–Trinajstić information content (AvgIpc) is 3.19. The van der Waals surface area contributed by atoms with Crippen molar-refractivity contribution in [2.75, 3.05) is 20.2 Å². The highest BCUT2D eigenvalue weighted by molar-refractivity contribution is 7.13. The maximum Gasteiger partial charge on any atom is 0.307 e. The summed E-state index contributed by atoms with van der Waals surface area (Å²) < 4.78 is 10.3. The molecule has 0 fully saturated rings. The molecule has 0 aromatic carbocycles. The van der Waals surface area contributed by atoms with E-state index >= 15 is 0 Å². The number of esters is 1. The van der Waals surface area contributed by atoms with Gasteiger partial charge < -0.3 is 14.1 Å². The van der Waals surface area contributed by atoms with Crippen LogP contribution in [0.4, 0.5) is 0 Å². The predicted octanol–water partition coefficient (Wildman–Crippen LogP) is 3.37. The fraction of sp³-hybridized carbons (Fsp3) is 0.471. The van der Waals surface area contributed by atoms with Crippen molar-refractivity contribution in [1.82, 2.24) is 9.88 Å². The Morgan fingerprint density at radius 3 is 2.75 bits per heavy atom. The van der Waals surface area contributed by atoms with Crippen molar-refractivity contribution < 1.29 is 18.7 Å². The number of hydrogen-bond donors (Lipinski definition) is 0. The number of rotatable bonds is 7. The van der Waals surface area contributed by atoms with Gasteiger partial charge in [-0.3, -0.25) is 9.59 Å². The lowest BCUT2D eigenvalue weighted by Gasteiger charge is -2.23. The summed E-state index contributed by atoms with van der Waals surface area (Å²) in [7, 11) is 1.34. The van der Waals surface area contributed by atoms with E-state index in [9.17, 15) is 9.59 Å². The van der Waals surface area contributed by atoms with Crippen LogP contribution in [-0.2, 0) is 9.53 Å². The first-order chi connectivity index (χ1) is 11.4. The molecular formula is C17H22N2O4S. The minimum atomic E-state index is -0.340. The smallest absolute Gasteiger partial charge is 0.307 e. The van der Waals surface area contributed by atoms with E-state index < -0.39 is 0 Å². The van der Waals surface area contributed by atoms with E-state index in [1.54, 1.807) is 11.8 Å². The van der Waals surface area contributed by atoms with Crippen molar-refractivity contribution in [3.05, 3.63) is 29.0 Å². The number of ether oxygens (including phenoxy) is 1. The molecule has 0 aliphatic rings. The van der Waals surface area contributed by atoms with E-state index in [1.165, 1.54) is 18.4 Å². The molecular weight excluding hydrogens is 328 g/mol. The van der Waals surface area contributed by atoms with Gasteiger partial charge in [0.05, 0.1) is 18.4 Å². The largest absolute Gasteiger partial charge is 0.469 e. The molecule has 6 nitrogen and oxygen atoms in total. The zero-order valence-corrected chi connectivity index (χ0v) is 15.2. The third-order valence-electron chi connectivity index (χ3n) is 3.42. The number of aryl methyl sites for hydroxylation is 1. The Hall–Kier alpha value is -2.15. The van der Waals surface area contributed by atoms with Crippen LogP contribution in [-0.4, -0.2) is 42.0 Å². The first-order valence-corrected chi connectivity index (χ1v) is 8.67. The lowest BCUT2D eigenvalue weighted by Crippen LogP contribution is -2.36. The van der Waals surface area contributed by atoms with E-state index in [1.807, 2.05) is 31.4 Å². The van der Waals surface area contributed by atoms with Crippen molar-refractivity contribution in [2.45, 2.75) is 27.2 Å². The molecule has 0 aliphatic carbocycles. The molecule has 2 rings (SSSR count). The molecule has 1 amide bonds. The summed E-state index contributed by atoms with van der Waals surface area (Å²) in [5.41, 5.74) is 0.295. The van der Waals surface area contributed by atoms with Gasteiger partial charge in [-0.15, -0.1) is 11.3 Å². The third kappa shape index (κ3) is 4.44. The van der Waals surface area contributed by atoms with Gasteiger partial charge in [0.15, 0.2) is 5.69 Å². The van der Waals surface area contributed by atoms with Gasteiger partial charge in [-0.2, -0.15) is 0 Å². The maximum atomic E-state index is 12.8. The molecule has 0 radical (unpaired) electrons. The Morgan fingerprint density at radius 2 is 2.17 bits per heavy atom. The second kappa shape index (κ2) is 8.10. The lowest BCUT2D eigenvalue weighted by molar-refractivity contribution is -0.140. The topological polar surface area (TPSA) is 72.6 Å². The van der Waals surface area contributed by atoms with Crippen molar-refractivity contribution >= 4 is 23.2 Å². The van der Waals surface area contributed by atoms with E-state index in [0.29, 0.717) is 30.4 Å². The molecule has 0 unspecified atom stereocenters. The Labute approximate surface area is 145 Å². The van der Waals surface area contributed by atoms with Crippen LogP contribution in [0.3, 0.4) is 0 Å². The highest BCUT2D eigenvalue weighted by Crippen LogP contribution is 2.26. The number of thiophene rings is 1. The number of amides is 1. The number of carbonyl (C=O) groups is 2. The highest BCUT2D eigenvalue weighted by Gasteiger charge is 2.24. The SMILES string of the molecule is COC(=O)CCN(CC(C)C)C(=O)c1nc(-c2cccs2)oc1C. The molecule has 0 aliphatic heterocycles. The van der Waals surface area contributed by atoms with Gasteiger partial charge in [0, 0.05) is 13.1 Å². The summed E-state index contributed by atoms with van der Waals surface area (Å²) in [6.07, 6.45) is 0.156. The van der Waals surface area contributed by atoms with Crippen LogP contribution in [0, 0.1) is 12.8 Å². The van der Waals surface area contributed by atoms with Gasteiger partial charge in [-0.25, -0.2) is 4.98 Å². The van der Waals surface area contributed by atoms with Gasteiger partial charge in [0.1, 0.15) is 5.76 Å². The summed E-state index contributed by atoms with van der Waals surface area (Å²) in [5.74, 6) is 0.637. The van der Waals surface area contributed by atoms with Crippen molar-refractivity contribution in [3.63, 3.8) is 0 Å². The number of carbonyl (C=O) groups excluding carboxylic acids is 2. The van der Waals surface area contributed by atoms with Gasteiger partial charge in [0.25, 0.3) is 5.91 Å². The van der Waals surface area contributed by atoms with Crippen LogP contribution in [0.5, 0.6) is 0 Å². The van der Waals surface area contributed by atoms with Crippen LogP contribution in [0.15, 0.2) is 21.9 Å². The summed E-state index contributed by atoms with van der Waals surface area (Å²) in [5, 5.41) is 1.93. The standard InChI is InChI=1S/C17H22N2O4S/c1-11(2)10-19(8-7-14(20)22-4)17(21)15-12(3)23-16(18-15)13-6-5-9-24-13/h5-6,9,11H,7-8,10H2,1-4H3. The molecule has 0 N–H and O–H groups in total. The van der Waals surface area contributed by atoms with Crippen LogP contribution in [0.25, 0.3) is 10.8 Å². The quantitative estimate of drug-likeness (QED) is 0.716. The van der Waals surface area contributed by atoms with Crippen LogP contribution < -0.4 is 0 Å². The zero-order valence-electron chi connectivity index (χ0n) is 14.4. The molecule has 0 saturated heterocycles. The number of methoxy groups -OCH3 is 1. The fourth-order valence-electron chi connectivity index (χ4n) is 2.30. The third-order valence-corrected chi connectivity index (χ3v) is 4.28. The average molecular weight is 350 g/mol. The summed E-state index contributed by atoms with van der Waals surface area (Å²) >= 11 is 1.50. The first-order valence-electron chi connectivity index (χ1n) is 7.79. The molecule has 0 atom stereocenters. The molecule has 0 spiro atoms. The molecule has 7 heteroatoms. The van der Waals surface area contributed by atoms with E-state index in [4.69, 9.17) is 4.42 Å². The lowest BCUT2D eigenvalue weighted by atomic mass is 10.2. The number of nitrogens with zero attached hydrogens (tertiary/aromatic N) is 2. The van der Waals surface area contributed by atoms with E-state index in [2.05, 4.69) is 9.72 Å². The van der Waals surface area contributed by atoms with Gasteiger partial charge in [0.2, 0.25) is 5.89 Å². The number of aromatic nitrogens is 1. The normalized spacial score (nSPS) is 10.9. The highest BCUT2D eigenvalue weighted by atomic mass is 32.1. The molecule has 2 heterocycles. The molecule has 0 bridgehead atoms. The zero-order chi connectivity index (χ0) is 17.7. The van der Waals surface area contributed by atoms with Gasteiger partial charge >= 0.3 is 5.97 Å². The summed E-state index contributed by atoms with van der Waals surface area (Å²) in [6.45, 7) is 6.60. The molecule has 0 saturated carbocycles. The summed E-state index contributed by atoms with van der Waals surface area (Å²) in [4.78, 5) is 31.1. The van der Waals surface area contributed by atoms with Crippen molar-refractivity contribution in [2.24, 2.45) is 5.92 Å². The Kier molecular flexibility index (Phi) is 6.14. The number of oxazole rings is 1. The molecule has 2 aromatic rings. The fourth-order valence-corrected chi connectivity index (χ4v) is 2.94. The molecule has 24 heavy (non-hydrogen) atoms. The predicted molar refractivity (Wildman–Crippen MR) is 91.9 cm³/mol. The van der Waals surface area contributed by atoms with E-state index in [0.717, 1.165) is 4.88 Å². The van der Waals surface area contributed by atoms with Crippen LogP contribution >= 0.6 is 11.3 Å². The summed E-state index contributed by atoms with van der Waals surface area (Å²) in [6, 6.07) is 3.80. The Morgan fingerprint density at radius 1 is 1.42 bits per heavy atom. The van der Waals surface area contributed by atoms with Gasteiger partial charge in [-0.1, -0.05) is 19.9 Å². The van der Waals surface area contributed by atoms with Gasteiger partial charge in [-0.05, 0) is 24.3 Å². The molecule has 2 aromatic heterocycles.